The summed E-state index contributed by atoms with van der Waals surface area (Å²) in [7, 11) is 0. The molecule has 160 valence electrons. The first kappa shape index (κ1) is 20.7. The lowest BCUT2D eigenvalue weighted by Crippen LogP contribution is -2.34. The molecular weight excluding hydrogens is 394 g/mol. The fraction of sp³-hybridized carbons (Fsp3) is 0.292. The number of aromatic nitrogens is 1. The molecule has 0 unspecified atom stereocenters. The lowest BCUT2D eigenvalue weighted by atomic mass is 10.0. The van der Waals surface area contributed by atoms with Gasteiger partial charge in [0.1, 0.15) is 5.56 Å². The Bertz CT molecular complexity index is 1140. The van der Waals surface area contributed by atoms with Crippen molar-refractivity contribution in [1.29, 1.82) is 0 Å². The van der Waals surface area contributed by atoms with Gasteiger partial charge in [-0.2, -0.15) is 0 Å². The standard InChI is InChI=1S/C24H25N3O4/c25-24(31)27-19-13-12-16(21(28)15-8-4-3-5-9-15)14-18(19)20(23(27)30)22(29)26-17-10-6-1-2-7-11-17/h3-5,8-9,12-14,17,30H,1-2,6-7,10-11H2,(H2,25,31)(H,26,29). The molecule has 0 spiro atoms. The second kappa shape index (κ2) is 8.63. The van der Waals surface area contributed by atoms with E-state index in [1.165, 1.54) is 12.1 Å². The third-order valence-corrected chi connectivity index (χ3v) is 5.88. The van der Waals surface area contributed by atoms with E-state index in [1.807, 2.05) is 6.07 Å². The molecule has 4 N–H and O–H groups in total. The highest BCUT2D eigenvalue weighted by Crippen LogP contribution is 2.33. The van der Waals surface area contributed by atoms with E-state index in [0.29, 0.717) is 16.5 Å². The van der Waals surface area contributed by atoms with Crippen molar-refractivity contribution in [3.63, 3.8) is 0 Å². The van der Waals surface area contributed by atoms with E-state index in [1.54, 1.807) is 30.3 Å². The second-order valence-electron chi connectivity index (χ2n) is 7.96. The summed E-state index contributed by atoms with van der Waals surface area (Å²) >= 11 is 0. The van der Waals surface area contributed by atoms with Gasteiger partial charge in [-0.15, -0.1) is 0 Å². The first-order valence-electron chi connectivity index (χ1n) is 10.5. The minimum Gasteiger partial charge on any atom is -0.494 e. The summed E-state index contributed by atoms with van der Waals surface area (Å²) < 4.78 is 0.897. The number of rotatable bonds is 4. The maximum absolute atomic E-state index is 13.1. The Morgan fingerprint density at radius 2 is 1.61 bits per heavy atom. The third kappa shape index (κ3) is 4.03. The van der Waals surface area contributed by atoms with Crippen LogP contribution in [0.15, 0.2) is 48.5 Å². The van der Waals surface area contributed by atoms with Crippen LogP contribution in [-0.2, 0) is 0 Å². The van der Waals surface area contributed by atoms with Crippen molar-refractivity contribution < 1.29 is 19.5 Å². The molecule has 2 amide bonds. The van der Waals surface area contributed by atoms with E-state index in [9.17, 15) is 19.5 Å². The van der Waals surface area contributed by atoms with Crippen molar-refractivity contribution in [2.75, 3.05) is 0 Å². The van der Waals surface area contributed by atoms with Crippen molar-refractivity contribution in [2.24, 2.45) is 5.73 Å². The lowest BCUT2D eigenvalue weighted by molar-refractivity contribution is 0.0931. The first-order chi connectivity index (χ1) is 15.0. The van der Waals surface area contributed by atoms with E-state index in [0.717, 1.165) is 43.1 Å². The normalized spacial score (nSPS) is 14.8. The van der Waals surface area contributed by atoms with E-state index >= 15 is 0 Å². The van der Waals surface area contributed by atoms with Crippen LogP contribution >= 0.6 is 0 Å². The predicted molar refractivity (Wildman–Crippen MR) is 117 cm³/mol. The van der Waals surface area contributed by atoms with Crippen molar-refractivity contribution in [2.45, 2.75) is 44.6 Å². The van der Waals surface area contributed by atoms with Crippen LogP contribution in [0.2, 0.25) is 0 Å². The Morgan fingerprint density at radius 1 is 0.935 bits per heavy atom. The zero-order valence-corrected chi connectivity index (χ0v) is 17.1. The van der Waals surface area contributed by atoms with Gasteiger partial charge in [-0.05, 0) is 31.0 Å². The Balaban J connectivity index is 1.77. The summed E-state index contributed by atoms with van der Waals surface area (Å²) in [6.07, 6.45) is 6.11. The van der Waals surface area contributed by atoms with Crippen molar-refractivity contribution in [3.05, 3.63) is 65.2 Å². The Hall–Kier alpha value is -3.61. The van der Waals surface area contributed by atoms with Crippen LogP contribution in [0.25, 0.3) is 10.9 Å². The molecule has 0 saturated heterocycles. The number of amides is 2. The molecule has 1 aliphatic rings. The van der Waals surface area contributed by atoms with E-state index in [2.05, 4.69) is 5.32 Å². The van der Waals surface area contributed by atoms with Crippen LogP contribution in [0, 0.1) is 0 Å². The fourth-order valence-corrected chi connectivity index (χ4v) is 4.30. The minimum absolute atomic E-state index is 0.00973. The van der Waals surface area contributed by atoms with Crippen LogP contribution in [0.1, 0.15) is 64.8 Å². The number of fused-ring (bicyclic) bond motifs is 1. The number of aromatic hydroxyl groups is 1. The molecule has 7 heteroatoms. The molecule has 3 aromatic rings. The van der Waals surface area contributed by atoms with Crippen LogP contribution in [0.4, 0.5) is 4.79 Å². The zero-order chi connectivity index (χ0) is 22.0. The SMILES string of the molecule is NC(=O)n1c(O)c(C(=O)NC2CCCCCC2)c2cc(C(=O)c3ccccc3)ccc21. The Kier molecular flexibility index (Phi) is 5.75. The molecule has 0 bridgehead atoms. The van der Waals surface area contributed by atoms with Gasteiger partial charge in [0.05, 0.1) is 5.52 Å². The van der Waals surface area contributed by atoms with Crippen LogP contribution in [-0.4, -0.2) is 33.4 Å². The smallest absolute Gasteiger partial charge is 0.326 e. The number of primary amides is 1. The molecule has 0 aliphatic heterocycles. The number of nitrogens with zero attached hydrogens (tertiary/aromatic N) is 1. The zero-order valence-electron chi connectivity index (χ0n) is 17.1. The van der Waals surface area contributed by atoms with E-state index < -0.39 is 17.8 Å². The molecular formula is C24H25N3O4. The summed E-state index contributed by atoms with van der Waals surface area (Å²) in [5, 5.41) is 14.0. The molecule has 2 aromatic carbocycles. The van der Waals surface area contributed by atoms with E-state index in [4.69, 9.17) is 5.73 Å². The number of hydrogen-bond acceptors (Lipinski definition) is 4. The van der Waals surface area contributed by atoms with Crippen LogP contribution < -0.4 is 11.1 Å². The van der Waals surface area contributed by atoms with Gasteiger partial charge in [0.25, 0.3) is 5.91 Å². The van der Waals surface area contributed by atoms with E-state index in [-0.39, 0.29) is 22.9 Å². The van der Waals surface area contributed by atoms with Gasteiger partial charge in [0.15, 0.2) is 5.78 Å². The third-order valence-electron chi connectivity index (χ3n) is 5.88. The number of hydrogen-bond donors (Lipinski definition) is 3. The summed E-state index contributed by atoms with van der Waals surface area (Å²) in [6.45, 7) is 0. The highest BCUT2D eigenvalue weighted by atomic mass is 16.3. The largest absolute Gasteiger partial charge is 0.494 e. The van der Waals surface area contributed by atoms with Gasteiger partial charge >= 0.3 is 6.03 Å². The maximum atomic E-state index is 13.1. The van der Waals surface area contributed by atoms with Gasteiger partial charge in [-0.25, -0.2) is 9.36 Å². The molecule has 0 radical (unpaired) electrons. The number of nitrogens with one attached hydrogen (secondary N) is 1. The lowest BCUT2D eigenvalue weighted by Gasteiger charge is -2.16. The highest BCUT2D eigenvalue weighted by Gasteiger charge is 2.27. The topological polar surface area (TPSA) is 114 Å². The number of carbonyl (C=O) groups excluding carboxylic acids is 3. The fourth-order valence-electron chi connectivity index (χ4n) is 4.30. The molecule has 1 aromatic heterocycles. The van der Waals surface area contributed by atoms with Crippen LogP contribution in [0.3, 0.4) is 0 Å². The van der Waals surface area contributed by atoms with Gasteiger partial charge in [-0.1, -0.05) is 56.0 Å². The number of carbonyl (C=O) groups is 3. The number of benzene rings is 2. The quantitative estimate of drug-likeness (QED) is 0.439. The Labute approximate surface area is 179 Å². The number of ketones is 1. The average molecular weight is 419 g/mol. The van der Waals surface area contributed by atoms with Crippen molar-refractivity contribution >= 4 is 28.6 Å². The van der Waals surface area contributed by atoms with Gasteiger partial charge in [0.2, 0.25) is 5.88 Å². The minimum atomic E-state index is -0.904. The summed E-state index contributed by atoms with van der Waals surface area (Å²) in [5.74, 6) is -1.21. The predicted octanol–water partition coefficient (Wildman–Crippen LogP) is 3.96. The molecule has 1 saturated carbocycles. The highest BCUT2D eigenvalue weighted by molar-refractivity contribution is 6.16. The Morgan fingerprint density at radius 3 is 2.26 bits per heavy atom. The molecule has 7 nitrogen and oxygen atoms in total. The molecule has 31 heavy (non-hydrogen) atoms. The summed E-state index contributed by atoms with van der Waals surface area (Å²) in [5.41, 5.74) is 6.55. The van der Waals surface area contributed by atoms with Crippen molar-refractivity contribution in [3.8, 4) is 5.88 Å². The summed E-state index contributed by atoms with van der Waals surface area (Å²) in [6, 6.07) is 12.5. The first-order valence-corrected chi connectivity index (χ1v) is 10.5. The maximum Gasteiger partial charge on any atom is 0.326 e. The molecule has 1 aliphatic carbocycles. The average Bonchev–Trinajstić information content (AvgIpc) is 2.89. The second-order valence-corrected chi connectivity index (χ2v) is 7.96. The van der Waals surface area contributed by atoms with Crippen molar-refractivity contribution in [1.82, 2.24) is 9.88 Å². The molecule has 1 fully saturated rings. The monoisotopic (exact) mass is 419 g/mol. The number of nitrogens with two attached hydrogens (primary N) is 1. The molecule has 4 rings (SSSR count). The molecule has 0 atom stereocenters. The van der Waals surface area contributed by atoms with Crippen LogP contribution in [0.5, 0.6) is 5.88 Å². The molecule has 1 heterocycles. The summed E-state index contributed by atoms with van der Waals surface area (Å²) in [4.78, 5) is 38.0. The van der Waals surface area contributed by atoms with Gasteiger partial charge in [0, 0.05) is 22.6 Å². The van der Waals surface area contributed by atoms with Gasteiger partial charge < -0.3 is 16.2 Å². The van der Waals surface area contributed by atoms with Gasteiger partial charge in [-0.3, -0.25) is 9.59 Å².